The number of nitrogens with one attached hydrogen (secondary N) is 1. The number of rotatable bonds is 11. The Hall–Kier alpha value is -3.21. The number of hydrogen-bond acceptors (Lipinski definition) is 7. The van der Waals surface area contributed by atoms with Crippen LogP contribution in [-0.4, -0.2) is 61.0 Å². The average molecular weight is 511 g/mol. The van der Waals surface area contributed by atoms with Crippen molar-refractivity contribution >= 4 is 23.3 Å². The number of nitrogens with zero attached hydrogens (tertiary/aromatic N) is 4. The smallest absolute Gasteiger partial charge is 0.387 e. The monoisotopic (exact) mass is 510 g/mol. The maximum Gasteiger partial charge on any atom is 0.387 e. The summed E-state index contributed by atoms with van der Waals surface area (Å²) >= 11 is 0. The zero-order valence-electron chi connectivity index (χ0n) is 21.2. The van der Waals surface area contributed by atoms with Gasteiger partial charge in [0.15, 0.2) is 0 Å². The zero-order valence-corrected chi connectivity index (χ0v) is 21.2. The van der Waals surface area contributed by atoms with Gasteiger partial charge in [-0.25, -0.2) is 18.8 Å². The van der Waals surface area contributed by atoms with Crippen molar-refractivity contribution in [1.29, 1.82) is 0 Å². The molecule has 1 aromatic rings. The molecule has 3 N–H and O–H groups in total. The summed E-state index contributed by atoms with van der Waals surface area (Å²) in [7, 11) is 2.00. The van der Waals surface area contributed by atoms with Gasteiger partial charge >= 0.3 is 6.61 Å². The highest BCUT2D eigenvalue weighted by molar-refractivity contribution is 6.10. The zero-order chi connectivity index (χ0) is 26.8. The fourth-order valence-electron chi connectivity index (χ4n) is 3.41. The fraction of sp³-hybridized carbons (Fsp3) is 0.480. The minimum Gasteiger partial charge on any atom is -0.434 e. The summed E-state index contributed by atoms with van der Waals surface area (Å²) in [6.07, 6.45) is 4.57. The average Bonchev–Trinajstić information content (AvgIpc) is 3.24. The van der Waals surface area contributed by atoms with Crippen molar-refractivity contribution in [2.45, 2.75) is 59.6 Å². The maximum atomic E-state index is 13.2. The Kier molecular flexibility index (Phi) is 11.1. The van der Waals surface area contributed by atoms with Crippen molar-refractivity contribution in [2.75, 3.05) is 25.5 Å². The molecule has 1 fully saturated rings. The van der Waals surface area contributed by atoms with E-state index >= 15 is 0 Å². The number of aliphatic imine (C=N–C) groups is 2. The van der Waals surface area contributed by atoms with Crippen LogP contribution >= 0.6 is 0 Å². The second kappa shape index (κ2) is 13.8. The summed E-state index contributed by atoms with van der Waals surface area (Å²) in [5.41, 5.74) is 7.80. The number of halogens is 4. The number of hydrogen-bond donors (Lipinski definition) is 2. The van der Waals surface area contributed by atoms with Crippen LogP contribution in [0.3, 0.4) is 0 Å². The van der Waals surface area contributed by atoms with Crippen LogP contribution in [0.25, 0.3) is 5.57 Å². The highest BCUT2D eigenvalue weighted by atomic mass is 19.3. The van der Waals surface area contributed by atoms with Gasteiger partial charge in [0.25, 0.3) is 6.43 Å². The molecular weight excluding hydrogens is 476 g/mol. The molecule has 1 atom stereocenters. The van der Waals surface area contributed by atoms with Gasteiger partial charge in [0.2, 0.25) is 0 Å². The number of likely N-dealkylation sites (tertiary alicyclic amines) is 1. The van der Waals surface area contributed by atoms with Gasteiger partial charge in [0, 0.05) is 42.4 Å². The minimum atomic E-state index is -3.11. The van der Waals surface area contributed by atoms with Crippen molar-refractivity contribution in [3.8, 4) is 5.75 Å². The molecule has 2 heterocycles. The van der Waals surface area contributed by atoms with Crippen LogP contribution in [0, 0.1) is 0 Å². The van der Waals surface area contributed by atoms with Crippen molar-refractivity contribution < 1.29 is 22.3 Å². The van der Waals surface area contributed by atoms with Crippen LogP contribution in [0.1, 0.15) is 46.1 Å². The molecule has 0 bridgehead atoms. The standard InChI is InChI=1S/C25H34F4N6O/c1-6-15(2)16(3)9-23(33-17(4)24(26)27)34-22-10-21(36-25(28)29)20(13-32-22)18(11-30)12-31-19-7-8-35(5)14-19/h9-13,19,24-25H,6-8,14,30H2,1-5H3,(H,32,34)/b16-15+,18-11+,23-9+,31-12?,33-17+. The Bertz CT molecular complexity index is 1050. The number of nitrogens with two attached hydrogens (primary N) is 1. The van der Waals surface area contributed by atoms with E-state index in [1.807, 2.05) is 27.8 Å². The van der Waals surface area contributed by atoms with Crippen molar-refractivity contribution in [2.24, 2.45) is 15.7 Å². The Morgan fingerprint density at radius 1 is 1.31 bits per heavy atom. The van der Waals surface area contributed by atoms with Gasteiger partial charge in [0.1, 0.15) is 17.4 Å². The molecule has 0 amide bonds. The van der Waals surface area contributed by atoms with Crippen LogP contribution in [0.2, 0.25) is 0 Å². The van der Waals surface area contributed by atoms with E-state index in [-0.39, 0.29) is 29.0 Å². The third-order valence-electron chi connectivity index (χ3n) is 5.79. The van der Waals surface area contributed by atoms with Gasteiger partial charge in [0.05, 0.1) is 11.8 Å². The molecule has 36 heavy (non-hydrogen) atoms. The first-order valence-electron chi connectivity index (χ1n) is 11.6. The molecule has 1 aromatic heterocycles. The molecule has 198 valence electrons. The minimum absolute atomic E-state index is 0.0739. The Balaban J connectivity index is 2.43. The van der Waals surface area contributed by atoms with Gasteiger partial charge in [-0.15, -0.1) is 0 Å². The van der Waals surface area contributed by atoms with Gasteiger partial charge in [-0.1, -0.05) is 12.5 Å². The molecule has 0 aromatic carbocycles. The molecule has 0 spiro atoms. The molecule has 1 aliphatic rings. The first kappa shape index (κ1) is 29.0. The van der Waals surface area contributed by atoms with Crippen LogP contribution in [-0.2, 0) is 0 Å². The number of likely N-dealkylation sites (N-methyl/N-ethyl adjacent to an activating group) is 1. The lowest BCUT2D eigenvalue weighted by atomic mass is 10.1. The molecule has 0 aliphatic carbocycles. The molecule has 1 aliphatic heterocycles. The van der Waals surface area contributed by atoms with Gasteiger partial charge in [-0.05, 0) is 58.9 Å². The first-order valence-corrected chi connectivity index (χ1v) is 11.6. The van der Waals surface area contributed by atoms with E-state index in [4.69, 9.17) is 10.5 Å². The Morgan fingerprint density at radius 3 is 2.58 bits per heavy atom. The van der Waals surface area contributed by atoms with E-state index in [0.29, 0.717) is 5.57 Å². The Labute approximate surface area is 209 Å². The molecule has 1 unspecified atom stereocenters. The number of alkyl halides is 4. The van der Waals surface area contributed by atoms with E-state index < -0.39 is 18.7 Å². The van der Waals surface area contributed by atoms with Crippen LogP contribution < -0.4 is 15.8 Å². The second-order valence-electron chi connectivity index (χ2n) is 8.57. The molecule has 0 saturated carbocycles. The highest BCUT2D eigenvalue weighted by Crippen LogP contribution is 2.29. The summed E-state index contributed by atoms with van der Waals surface area (Å²) in [4.78, 5) is 14.9. The number of ether oxygens (including phenoxy) is 1. The number of pyridine rings is 1. The van der Waals surface area contributed by atoms with Crippen LogP contribution in [0.15, 0.2) is 51.5 Å². The van der Waals surface area contributed by atoms with Crippen LogP contribution in [0.5, 0.6) is 5.75 Å². The van der Waals surface area contributed by atoms with Crippen molar-refractivity contribution in [1.82, 2.24) is 9.88 Å². The van der Waals surface area contributed by atoms with Gasteiger partial charge in [-0.2, -0.15) is 8.78 Å². The summed E-state index contributed by atoms with van der Waals surface area (Å²) in [5.74, 6) is -0.0258. The normalized spacial score (nSPS) is 19.0. The number of aromatic nitrogens is 1. The second-order valence-corrected chi connectivity index (χ2v) is 8.57. The molecular formula is C25H34F4N6O. The van der Waals surface area contributed by atoms with Crippen LogP contribution in [0.4, 0.5) is 23.4 Å². The highest BCUT2D eigenvalue weighted by Gasteiger charge is 2.19. The lowest BCUT2D eigenvalue weighted by Crippen LogP contribution is -2.15. The lowest BCUT2D eigenvalue weighted by Gasteiger charge is -2.14. The van der Waals surface area contributed by atoms with Gasteiger partial charge in [-0.3, -0.25) is 4.99 Å². The van der Waals surface area contributed by atoms with E-state index in [9.17, 15) is 17.6 Å². The number of allylic oxidation sites excluding steroid dienone is 4. The summed E-state index contributed by atoms with van der Waals surface area (Å²) in [6.45, 7) is 5.52. The maximum absolute atomic E-state index is 13.2. The Morgan fingerprint density at radius 2 is 2.03 bits per heavy atom. The van der Waals surface area contributed by atoms with E-state index in [1.165, 1.54) is 31.6 Å². The summed E-state index contributed by atoms with van der Waals surface area (Å²) in [5, 5.41) is 2.83. The summed E-state index contributed by atoms with van der Waals surface area (Å²) < 4.78 is 57.4. The van der Waals surface area contributed by atoms with E-state index in [2.05, 4.69) is 25.2 Å². The third-order valence-corrected chi connectivity index (χ3v) is 5.79. The topological polar surface area (TPSA) is 88.1 Å². The van der Waals surface area contributed by atoms with Crippen molar-refractivity contribution in [3.05, 3.63) is 47.1 Å². The first-order chi connectivity index (χ1) is 17.0. The molecule has 7 nitrogen and oxygen atoms in total. The fourth-order valence-corrected chi connectivity index (χ4v) is 3.41. The lowest BCUT2D eigenvalue weighted by molar-refractivity contribution is -0.0500. The van der Waals surface area contributed by atoms with E-state index in [1.54, 1.807) is 6.08 Å². The predicted molar refractivity (Wildman–Crippen MR) is 137 cm³/mol. The molecule has 0 radical (unpaired) electrons. The van der Waals surface area contributed by atoms with E-state index in [0.717, 1.165) is 37.1 Å². The number of anilines is 1. The molecule has 2 rings (SSSR count). The quantitative estimate of drug-likeness (QED) is 0.234. The molecule has 11 heteroatoms. The molecule has 1 saturated heterocycles. The largest absolute Gasteiger partial charge is 0.434 e. The third kappa shape index (κ3) is 8.78. The van der Waals surface area contributed by atoms with Gasteiger partial charge < -0.3 is 20.7 Å². The summed E-state index contributed by atoms with van der Waals surface area (Å²) in [6, 6.07) is 1.32. The predicted octanol–water partition coefficient (Wildman–Crippen LogP) is 5.48. The van der Waals surface area contributed by atoms with Crippen molar-refractivity contribution in [3.63, 3.8) is 0 Å². The SMILES string of the molecule is CC/C(C)=C(C)/C=C(\N=C(/C)C(F)F)Nc1cc(OC(F)F)c(/C(C=NC2CCN(C)C2)=C/N)cn1.